The Balaban J connectivity index is 2.10. The quantitative estimate of drug-likeness (QED) is 0.671. The molecular formula is C22H24FN3O2. The molecule has 146 valence electrons. The Hall–Kier alpha value is -2.59. The highest BCUT2D eigenvalue weighted by molar-refractivity contribution is 5.89. The summed E-state index contributed by atoms with van der Waals surface area (Å²) in [4.78, 5) is 0. The van der Waals surface area contributed by atoms with E-state index >= 15 is 0 Å². The van der Waals surface area contributed by atoms with E-state index in [0.29, 0.717) is 24.3 Å². The highest BCUT2D eigenvalue weighted by Crippen LogP contribution is 2.34. The van der Waals surface area contributed by atoms with Crippen LogP contribution >= 0.6 is 0 Å². The van der Waals surface area contributed by atoms with Gasteiger partial charge in [0, 0.05) is 31.1 Å². The predicted molar refractivity (Wildman–Crippen MR) is 106 cm³/mol. The van der Waals surface area contributed by atoms with E-state index in [2.05, 4.69) is 5.32 Å². The summed E-state index contributed by atoms with van der Waals surface area (Å²) in [5.41, 5.74) is 3.50. The number of morpholine rings is 1. The fraction of sp³-hybridized carbons (Fsp3) is 0.364. The second-order valence-corrected chi connectivity index (χ2v) is 7.00. The molecule has 6 heteroatoms. The molecule has 2 aromatic rings. The third-order valence-electron chi connectivity index (χ3n) is 5.10. The van der Waals surface area contributed by atoms with E-state index in [0.717, 1.165) is 29.8 Å². The van der Waals surface area contributed by atoms with Gasteiger partial charge in [0.15, 0.2) is 0 Å². The predicted octanol–water partition coefficient (Wildman–Crippen LogP) is 3.01. The van der Waals surface area contributed by atoms with Gasteiger partial charge < -0.3 is 20.6 Å². The summed E-state index contributed by atoms with van der Waals surface area (Å²) in [6, 6.07) is 12.1. The first-order valence-electron chi connectivity index (χ1n) is 9.35. The van der Waals surface area contributed by atoms with Crippen LogP contribution in [0.25, 0.3) is 11.1 Å². The molecule has 2 atom stereocenters. The van der Waals surface area contributed by atoms with Crippen LogP contribution in [0.5, 0.6) is 0 Å². The number of halogens is 1. The molecule has 0 aliphatic carbocycles. The zero-order valence-corrected chi connectivity index (χ0v) is 15.8. The van der Waals surface area contributed by atoms with Gasteiger partial charge in [-0.1, -0.05) is 24.3 Å². The molecule has 0 bridgehead atoms. The van der Waals surface area contributed by atoms with Crippen molar-refractivity contribution in [2.75, 3.05) is 26.3 Å². The van der Waals surface area contributed by atoms with Gasteiger partial charge in [-0.2, -0.15) is 5.26 Å². The van der Waals surface area contributed by atoms with Gasteiger partial charge in [-0.05, 0) is 41.3 Å². The number of hydrogen-bond donors (Lipinski definition) is 3. The van der Waals surface area contributed by atoms with Crippen molar-refractivity contribution in [3.8, 4) is 17.2 Å². The number of nitriles is 1. The van der Waals surface area contributed by atoms with E-state index in [9.17, 15) is 9.50 Å². The number of nitrogens with one attached hydrogen (secondary N) is 2. The van der Waals surface area contributed by atoms with Crippen molar-refractivity contribution in [1.29, 1.82) is 10.7 Å². The van der Waals surface area contributed by atoms with Gasteiger partial charge in [0.2, 0.25) is 0 Å². The van der Waals surface area contributed by atoms with Crippen LogP contribution in [0.4, 0.5) is 4.39 Å². The molecule has 0 amide bonds. The standard InChI is InChI=1S/C22H24FN3O2/c1-14(25)20(13-27)22-16(9-18-12-26-7-8-28-18)3-2-4-19(22)15-5-6-17(11-24)21(23)10-15/h2-6,10,18,20,25-27H,7-9,12-13H2,1H3. The second kappa shape index (κ2) is 9.07. The average molecular weight is 381 g/mol. The van der Waals surface area contributed by atoms with Gasteiger partial charge in [0.05, 0.1) is 24.9 Å². The van der Waals surface area contributed by atoms with E-state index in [1.165, 1.54) is 12.1 Å². The van der Waals surface area contributed by atoms with Crippen molar-refractivity contribution in [1.82, 2.24) is 5.32 Å². The molecule has 1 saturated heterocycles. The summed E-state index contributed by atoms with van der Waals surface area (Å²) in [6.45, 7) is 3.67. The molecule has 2 aromatic carbocycles. The first-order valence-corrected chi connectivity index (χ1v) is 9.35. The van der Waals surface area contributed by atoms with E-state index < -0.39 is 11.7 Å². The van der Waals surface area contributed by atoms with E-state index in [1.807, 2.05) is 24.3 Å². The van der Waals surface area contributed by atoms with Gasteiger partial charge in [0.25, 0.3) is 0 Å². The Morgan fingerprint density at radius 3 is 2.86 bits per heavy atom. The Kier molecular flexibility index (Phi) is 6.53. The maximum absolute atomic E-state index is 14.2. The van der Waals surface area contributed by atoms with Gasteiger partial charge >= 0.3 is 0 Å². The molecule has 2 unspecified atom stereocenters. The summed E-state index contributed by atoms with van der Waals surface area (Å²) >= 11 is 0. The zero-order chi connectivity index (χ0) is 20.1. The van der Waals surface area contributed by atoms with Crippen LogP contribution < -0.4 is 5.32 Å². The summed E-state index contributed by atoms with van der Waals surface area (Å²) in [5, 5.41) is 30.4. The van der Waals surface area contributed by atoms with Gasteiger partial charge in [-0.15, -0.1) is 0 Å². The summed E-state index contributed by atoms with van der Waals surface area (Å²) in [5.74, 6) is -1.07. The number of aliphatic hydroxyl groups is 1. The lowest BCUT2D eigenvalue weighted by Crippen LogP contribution is -2.39. The number of aliphatic hydroxyl groups excluding tert-OH is 1. The minimum absolute atomic E-state index is 0.00540. The fourth-order valence-corrected chi connectivity index (χ4v) is 3.67. The molecule has 3 N–H and O–H groups in total. The number of hydrogen-bond acceptors (Lipinski definition) is 5. The Morgan fingerprint density at radius 2 is 2.25 bits per heavy atom. The highest BCUT2D eigenvalue weighted by Gasteiger charge is 2.24. The molecule has 0 saturated carbocycles. The number of nitrogens with zero attached hydrogens (tertiary/aromatic N) is 1. The number of ether oxygens (including phenoxy) is 1. The largest absolute Gasteiger partial charge is 0.395 e. The van der Waals surface area contributed by atoms with Crippen molar-refractivity contribution in [2.24, 2.45) is 0 Å². The fourth-order valence-electron chi connectivity index (χ4n) is 3.67. The van der Waals surface area contributed by atoms with E-state index in [4.69, 9.17) is 15.4 Å². The van der Waals surface area contributed by atoms with Crippen LogP contribution in [-0.2, 0) is 11.2 Å². The lowest BCUT2D eigenvalue weighted by Gasteiger charge is -2.27. The maximum Gasteiger partial charge on any atom is 0.141 e. The summed E-state index contributed by atoms with van der Waals surface area (Å²) < 4.78 is 20.1. The smallest absolute Gasteiger partial charge is 0.141 e. The topological polar surface area (TPSA) is 89.1 Å². The van der Waals surface area contributed by atoms with Gasteiger partial charge in [0.1, 0.15) is 11.9 Å². The monoisotopic (exact) mass is 381 g/mol. The van der Waals surface area contributed by atoms with Gasteiger partial charge in [-0.25, -0.2) is 4.39 Å². The van der Waals surface area contributed by atoms with Crippen LogP contribution in [0.2, 0.25) is 0 Å². The highest BCUT2D eigenvalue weighted by atomic mass is 19.1. The normalized spacial score (nSPS) is 17.7. The molecule has 1 heterocycles. The summed E-state index contributed by atoms with van der Waals surface area (Å²) in [6.07, 6.45) is 0.643. The molecule has 5 nitrogen and oxygen atoms in total. The lowest BCUT2D eigenvalue weighted by atomic mass is 9.83. The van der Waals surface area contributed by atoms with Gasteiger partial charge in [-0.3, -0.25) is 0 Å². The van der Waals surface area contributed by atoms with Crippen LogP contribution in [0, 0.1) is 22.6 Å². The van der Waals surface area contributed by atoms with Crippen molar-refractivity contribution in [3.63, 3.8) is 0 Å². The second-order valence-electron chi connectivity index (χ2n) is 7.00. The average Bonchev–Trinajstić information content (AvgIpc) is 2.70. The maximum atomic E-state index is 14.2. The molecule has 3 rings (SSSR count). The molecule has 0 radical (unpaired) electrons. The lowest BCUT2D eigenvalue weighted by molar-refractivity contribution is 0.0291. The molecule has 1 aliphatic rings. The number of rotatable bonds is 6. The first kappa shape index (κ1) is 20.2. The van der Waals surface area contributed by atoms with Crippen LogP contribution in [0.15, 0.2) is 36.4 Å². The van der Waals surface area contributed by atoms with Crippen LogP contribution in [0.1, 0.15) is 29.5 Å². The van der Waals surface area contributed by atoms with Crippen molar-refractivity contribution < 1.29 is 14.2 Å². The molecular weight excluding hydrogens is 357 g/mol. The van der Waals surface area contributed by atoms with E-state index in [-0.39, 0.29) is 18.3 Å². The third-order valence-corrected chi connectivity index (χ3v) is 5.10. The van der Waals surface area contributed by atoms with Crippen molar-refractivity contribution in [2.45, 2.75) is 25.4 Å². The van der Waals surface area contributed by atoms with Crippen LogP contribution in [-0.4, -0.2) is 43.2 Å². The molecule has 1 aliphatic heterocycles. The minimum atomic E-state index is -0.580. The zero-order valence-electron chi connectivity index (χ0n) is 15.8. The van der Waals surface area contributed by atoms with E-state index in [1.54, 1.807) is 13.0 Å². The Bertz CT molecular complexity index is 901. The van der Waals surface area contributed by atoms with Crippen LogP contribution in [0.3, 0.4) is 0 Å². The summed E-state index contributed by atoms with van der Waals surface area (Å²) in [7, 11) is 0. The number of benzene rings is 2. The molecule has 0 aromatic heterocycles. The van der Waals surface area contributed by atoms with Crippen molar-refractivity contribution >= 4 is 5.71 Å². The van der Waals surface area contributed by atoms with Crippen molar-refractivity contribution in [3.05, 3.63) is 58.9 Å². The third kappa shape index (κ3) is 4.28. The molecule has 0 spiro atoms. The Labute approximate surface area is 164 Å². The first-order chi connectivity index (χ1) is 13.5. The molecule has 28 heavy (non-hydrogen) atoms. The SMILES string of the molecule is CC(=N)C(CO)c1c(CC2CNCCO2)cccc1-c1ccc(C#N)c(F)c1. The minimum Gasteiger partial charge on any atom is -0.395 e. The molecule has 1 fully saturated rings. The Morgan fingerprint density at radius 1 is 1.43 bits per heavy atom.